The normalized spacial score (nSPS) is 14.7. The van der Waals surface area contributed by atoms with Crippen LogP contribution in [0.1, 0.15) is 4.11 Å². The van der Waals surface area contributed by atoms with Gasteiger partial charge in [0, 0.05) is 28.9 Å². The van der Waals surface area contributed by atoms with E-state index in [9.17, 15) is 0 Å². The van der Waals surface area contributed by atoms with E-state index >= 15 is 0 Å². The summed E-state index contributed by atoms with van der Waals surface area (Å²) in [7, 11) is 0. The van der Waals surface area contributed by atoms with Gasteiger partial charge in [0.05, 0.1) is 0 Å². The van der Waals surface area contributed by atoms with Crippen molar-refractivity contribution >= 4 is 28.2 Å². The predicted octanol–water partition coefficient (Wildman–Crippen LogP) is 2.32. The second-order valence-electron chi connectivity index (χ2n) is 2.51. The van der Waals surface area contributed by atoms with Crippen molar-refractivity contribution in [1.29, 1.82) is 0 Å². The Bertz CT molecular complexity index is 527. The Morgan fingerprint density at radius 3 is 3.31 bits per heavy atom. The molecular formula is C9H8ClN3. The van der Waals surface area contributed by atoms with Crippen LogP contribution < -0.4 is 5.32 Å². The lowest BCUT2D eigenvalue weighted by Gasteiger charge is -2.03. The highest BCUT2D eigenvalue weighted by molar-refractivity contribution is 6.30. The van der Waals surface area contributed by atoms with Crippen LogP contribution in [0, 0.1) is 0 Å². The molecule has 2 aromatic rings. The van der Waals surface area contributed by atoms with Gasteiger partial charge >= 0.3 is 0 Å². The molecule has 0 fully saturated rings. The van der Waals surface area contributed by atoms with E-state index in [1.54, 1.807) is 12.1 Å². The van der Waals surface area contributed by atoms with Crippen LogP contribution in [0.5, 0.6) is 0 Å². The Kier molecular flexibility index (Phi) is 1.32. The van der Waals surface area contributed by atoms with Gasteiger partial charge in [-0.05, 0) is 17.5 Å². The Balaban J connectivity index is 2.54. The molecule has 0 spiro atoms. The number of nitrogens with one attached hydrogen (secondary N) is 1. The molecule has 0 saturated carbocycles. The fraction of sp³-hybridized carbons (Fsp3) is 0.111. The van der Waals surface area contributed by atoms with E-state index < -0.39 is 6.98 Å². The van der Waals surface area contributed by atoms with E-state index in [-0.39, 0.29) is 5.82 Å². The van der Waals surface area contributed by atoms with Crippen LogP contribution in [0.4, 0.5) is 5.82 Å². The monoisotopic (exact) mass is 196 g/mol. The Morgan fingerprint density at radius 1 is 1.54 bits per heavy atom. The van der Waals surface area contributed by atoms with Gasteiger partial charge in [-0.15, -0.1) is 0 Å². The largest absolute Gasteiger partial charge is 0.373 e. The highest BCUT2D eigenvalue weighted by Gasteiger charge is 2.00. The first-order valence-electron chi connectivity index (χ1n) is 5.14. The van der Waals surface area contributed by atoms with Crippen molar-refractivity contribution in [3.05, 3.63) is 29.7 Å². The van der Waals surface area contributed by atoms with Gasteiger partial charge in [-0.1, -0.05) is 11.6 Å². The van der Waals surface area contributed by atoms with E-state index in [1.807, 2.05) is 0 Å². The average molecular weight is 197 g/mol. The number of hydrogen-bond donors (Lipinski definition) is 1. The van der Waals surface area contributed by atoms with Crippen LogP contribution in [0.15, 0.2) is 24.5 Å². The first kappa shape index (κ1) is 5.40. The molecule has 1 N–H and O–H groups in total. The second-order valence-corrected chi connectivity index (χ2v) is 2.90. The predicted molar refractivity (Wildman–Crippen MR) is 54.1 cm³/mol. The molecule has 2 heterocycles. The van der Waals surface area contributed by atoms with Crippen LogP contribution in [0.25, 0.3) is 10.8 Å². The van der Waals surface area contributed by atoms with E-state index in [2.05, 4.69) is 15.3 Å². The summed E-state index contributed by atoms with van der Waals surface area (Å²) < 4.78 is 21.4. The van der Waals surface area contributed by atoms with Crippen LogP contribution in [-0.2, 0) is 0 Å². The number of aromatic nitrogens is 2. The summed E-state index contributed by atoms with van der Waals surface area (Å²) in [6, 6.07) is 3.40. The molecule has 4 heteroatoms. The third kappa shape index (κ3) is 1.42. The lowest BCUT2D eigenvalue weighted by Crippen LogP contribution is -1.93. The van der Waals surface area contributed by atoms with Crippen molar-refractivity contribution in [1.82, 2.24) is 9.97 Å². The minimum atomic E-state index is -2.28. The SMILES string of the molecule is [2H]C([2H])([2H])Nc1nccc2cc(Cl)ncc12. The maximum atomic E-state index is 7.12. The molecule has 2 aromatic heterocycles. The Hall–Kier alpha value is -1.35. The first-order valence-corrected chi connectivity index (χ1v) is 4.02. The maximum absolute atomic E-state index is 7.12. The summed E-state index contributed by atoms with van der Waals surface area (Å²) in [4.78, 5) is 7.87. The number of pyridine rings is 2. The van der Waals surface area contributed by atoms with E-state index in [1.165, 1.54) is 12.4 Å². The lowest BCUT2D eigenvalue weighted by atomic mass is 10.2. The van der Waals surface area contributed by atoms with Crippen molar-refractivity contribution in [3.8, 4) is 0 Å². The average Bonchev–Trinajstić information content (AvgIpc) is 2.15. The summed E-state index contributed by atoms with van der Waals surface area (Å²) in [5.41, 5.74) is 0. The highest BCUT2D eigenvalue weighted by atomic mass is 35.5. The number of hydrogen-bond acceptors (Lipinski definition) is 3. The van der Waals surface area contributed by atoms with Gasteiger partial charge < -0.3 is 5.32 Å². The summed E-state index contributed by atoms with van der Waals surface area (Å²) >= 11 is 5.74. The minimum absolute atomic E-state index is 0.279. The van der Waals surface area contributed by atoms with E-state index in [4.69, 9.17) is 15.7 Å². The second kappa shape index (κ2) is 3.18. The van der Waals surface area contributed by atoms with Crippen molar-refractivity contribution in [3.63, 3.8) is 0 Å². The van der Waals surface area contributed by atoms with Gasteiger partial charge in [0.1, 0.15) is 11.0 Å². The number of rotatable bonds is 1. The van der Waals surface area contributed by atoms with Gasteiger partial charge in [-0.3, -0.25) is 0 Å². The van der Waals surface area contributed by atoms with Crippen LogP contribution in [0.3, 0.4) is 0 Å². The first-order chi connectivity index (χ1) is 7.46. The molecule has 0 atom stereocenters. The molecule has 0 saturated heterocycles. The molecule has 0 unspecified atom stereocenters. The van der Waals surface area contributed by atoms with Crippen LogP contribution >= 0.6 is 11.6 Å². The van der Waals surface area contributed by atoms with Gasteiger partial charge in [0.15, 0.2) is 0 Å². The number of anilines is 1. The van der Waals surface area contributed by atoms with Crippen molar-refractivity contribution in [2.45, 2.75) is 0 Å². The molecule has 0 aliphatic rings. The van der Waals surface area contributed by atoms with Crippen molar-refractivity contribution in [2.24, 2.45) is 0 Å². The fourth-order valence-electron chi connectivity index (χ4n) is 1.14. The third-order valence-electron chi connectivity index (χ3n) is 1.73. The molecular weight excluding hydrogens is 186 g/mol. The summed E-state index contributed by atoms with van der Waals surface area (Å²) in [6.45, 7) is -2.28. The van der Waals surface area contributed by atoms with Gasteiger partial charge in [-0.25, -0.2) is 9.97 Å². The topological polar surface area (TPSA) is 37.8 Å². The summed E-state index contributed by atoms with van der Waals surface area (Å²) in [5.74, 6) is 0.279. The zero-order valence-corrected chi connectivity index (χ0v) is 7.34. The van der Waals surface area contributed by atoms with Crippen molar-refractivity contribution < 1.29 is 4.11 Å². The van der Waals surface area contributed by atoms with Crippen LogP contribution in [-0.4, -0.2) is 16.9 Å². The van der Waals surface area contributed by atoms with Crippen LogP contribution in [0.2, 0.25) is 5.15 Å². The number of nitrogens with zero attached hydrogens (tertiary/aromatic N) is 2. The minimum Gasteiger partial charge on any atom is -0.373 e. The number of halogens is 1. The standard InChI is InChI=1S/C9H8ClN3/c1-11-9-7-5-13-8(10)4-6(7)2-3-12-9/h2-5H,1H3,(H,11,12)/i1D3. The molecule has 13 heavy (non-hydrogen) atoms. The zero-order chi connectivity index (χ0) is 11.8. The molecule has 0 bridgehead atoms. The molecule has 0 aromatic carbocycles. The molecule has 0 aliphatic carbocycles. The summed E-state index contributed by atoms with van der Waals surface area (Å²) in [5, 5.41) is 4.13. The fourth-order valence-corrected chi connectivity index (χ4v) is 1.31. The third-order valence-corrected chi connectivity index (χ3v) is 1.94. The summed E-state index contributed by atoms with van der Waals surface area (Å²) in [6.07, 6.45) is 3.02. The zero-order valence-electron chi connectivity index (χ0n) is 9.58. The van der Waals surface area contributed by atoms with E-state index in [0.29, 0.717) is 10.5 Å². The molecule has 0 aliphatic heterocycles. The quantitative estimate of drug-likeness (QED) is 0.712. The molecule has 3 nitrogen and oxygen atoms in total. The maximum Gasteiger partial charge on any atom is 0.135 e. The number of fused-ring (bicyclic) bond motifs is 1. The van der Waals surface area contributed by atoms with Gasteiger partial charge in [-0.2, -0.15) is 0 Å². The Labute approximate surface area is 85.0 Å². The molecule has 0 radical (unpaired) electrons. The van der Waals surface area contributed by atoms with Crippen molar-refractivity contribution in [2.75, 3.05) is 12.3 Å². The lowest BCUT2D eigenvalue weighted by molar-refractivity contribution is 1.29. The molecule has 2 rings (SSSR count). The smallest absolute Gasteiger partial charge is 0.135 e. The highest BCUT2D eigenvalue weighted by Crippen LogP contribution is 2.21. The van der Waals surface area contributed by atoms with Gasteiger partial charge in [0.25, 0.3) is 0 Å². The molecule has 66 valence electrons. The Morgan fingerprint density at radius 2 is 2.46 bits per heavy atom. The van der Waals surface area contributed by atoms with Gasteiger partial charge in [0.2, 0.25) is 0 Å². The van der Waals surface area contributed by atoms with E-state index in [0.717, 1.165) is 5.39 Å². The molecule has 0 amide bonds.